The Hall–Kier alpha value is -0.900. The van der Waals surface area contributed by atoms with Crippen molar-refractivity contribution in [3.05, 3.63) is 0 Å². The first-order valence-corrected chi connectivity index (χ1v) is 6.47. The Labute approximate surface area is 110 Å². The van der Waals surface area contributed by atoms with Gasteiger partial charge in [-0.15, -0.1) is 0 Å². The maximum absolute atomic E-state index is 12.5. The van der Waals surface area contributed by atoms with Gasteiger partial charge >= 0.3 is 5.97 Å². The molecule has 0 amide bonds. The molecule has 106 valence electrons. The fourth-order valence-corrected chi connectivity index (χ4v) is 1.62. The lowest BCUT2D eigenvalue weighted by Crippen LogP contribution is -2.55. The molecule has 4 nitrogen and oxygen atoms in total. The molecule has 0 spiro atoms. The Bertz CT molecular complexity index is 315. The van der Waals surface area contributed by atoms with Gasteiger partial charge in [0.05, 0.1) is 12.0 Å². The number of aliphatic carboxylic acids is 1. The number of rotatable bonds is 6. The molecule has 0 rings (SSSR count). The number of hydrogen-bond donors (Lipinski definition) is 2. The molecule has 2 N–H and O–H groups in total. The molecule has 0 saturated carbocycles. The molecular formula is C14H27NO3. The van der Waals surface area contributed by atoms with Crippen molar-refractivity contribution in [2.24, 2.45) is 11.3 Å². The highest BCUT2D eigenvalue weighted by Crippen LogP contribution is 2.26. The van der Waals surface area contributed by atoms with Gasteiger partial charge in [-0.25, -0.2) is 0 Å². The highest BCUT2D eigenvalue weighted by atomic mass is 16.4. The Balaban J connectivity index is 5.23. The molecule has 4 heteroatoms. The van der Waals surface area contributed by atoms with Crippen LogP contribution in [-0.4, -0.2) is 28.4 Å². The Morgan fingerprint density at radius 3 is 1.89 bits per heavy atom. The third-order valence-corrected chi connectivity index (χ3v) is 3.31. The summed E-state index contributed by atoms with van der Waals surface area (Å²) in [5.41, 5.74) is -0.805. The summed E-state index contributed by atoms with van der Waals surface area (Å²) in [6, 6.07) is -0.655. The van der Waals surface area contributed by atoms with E-state index in [1.807, 2.05) is 41.5 Å². The quantitative estimate of drug-likeness (QED) is 0.767. The molecule has 0 aliphatic rings. The Kier molecular flexibility index (Phi) is 5.54. The van der Waals surface area contributed by atoms with E-state index in [1.165, 1.54) is 0 Å². The van der Waals surface area contributed by atoms with Crippen LogP contribution in [-0.2, 0) is 9.59 Å². The zero-order valence-corrected chi connectivity index (χ0v) is 12.6. The molecule has 0 aromatic carbocycles. The van der Waals surface area contributed by atoms with Crippen molar-refractivity contribution in [3.63, 3.8) is 0 Å². The minimum Gasteiger partial charge on any atom is -0.481 e. The van der Waals surface area contributed by atoms with E-state index < -0.39 is 23.3 Å². The topological polar surface area (TPSA) is 66.4 Å². The lowest BCUT2D eigenvalue weighted by molar-refractivity contribution is -0.146. The number of carboxylic acids is 1. The van der Waals surface area contributed by atoms with Crippen LogP contribution < -0.4 is 5.32 Å². The van der Waals surface area contributed by atoms with Crippen LogP contribution in [0, 0.1) is 11.3 Å². The van der Waals surface area contributed by atoms with Crippen molar-refractivity contribution in [2.45, 2.75) is 66.5 Å². The third kappa shape index (κ3) is 4.77. The van der Waals surface area contributed by atoms with Crippen LogP contribution in [0.25, 0.3) is 0 Å². The van der Waals surface area contributed by atoms with E-state index in [4.69, 9.17) is 5.11 Å². The van der Waals surface area contributed by atoms with Crippen molar-refractivity contribution in [1.29, 1.82) is 0 Å². The summed E-state index contributed by atoms with van der Waals surface area (Å²) in [6.07, 6.45) is 0.695. The van der Waals surface area contributed by atoms with E-state index in [0.29, 0.717) is 6.42 Å². The van der Waals surface area contributed by atoms with Gasteiger partial charge in [0.25, 0.3) is 0 Å². The van der Waals surface area contributed by atoms with E-state index in [0.717, 1.165) is 0 Å². The zero-order chi connectivity index (χ0) is 14.7. The third-order valence-electron chi connectivity index (χ3n) is 3.31. The van der Waals surface area contributed by atoms with Crippen molar-refractivity contribution >= 4 is 11.8 Å². The fraction of sp³-hybridized carbons (Fsp3) is 0.857. The minimum atomic E-state index is -0.947. The molecule has 0 aliphatic heterocycles. The molecule has 18 heavy (non-hydrogen) atoms. The van der Waals surface area contributed by atoms with E-state index in [9.17, 15) is 9.59 Å². The molecular weight excluding hydrogens is 230 g/mol. The van der Waals surface area contributed by atoms with Crippen LogP contribution in [0.5, 0.6) is 0 Å². The second-order valence-corrected chi connectivity index (χ2v) is 6.60. The van der Waals surface area contributed by atoms with Crippen LogP contribution in [0.3, 0.4) is 0 Å². The van der Waals surface area contributed by atoms with Crippen molar-refractivity contribution in [2.75, 3.05) is 0 Å². The van der Waals surface area contributed by atoms with Crippen LogP contribution in [0.4, 0.5) is 0 Å². The monoisotopic (exact) mass is 257 g/mol. The number of hydrogen-bond acceptors (Lipinski definition) is 3. The highest BCUT2D eigenvalue weighted by Gasteiger charge is 2.39. The van der Waals surface area contributed by atoms with E-state index >= 15 is 0 Å². The Morgan fingerprint density at radius 1 is 1.17 bits per heavy atom. The number of ketones is 1. The number of carbonyl (C=O) groups excluding carboxylic acids is 1. The largest absolute Gasteiger partial charge is 0.481 e. The molecule has 0 aromatic heterocycles. The first-order valence-electron chi connectivity index (χ1n) is 6.47. The van der Waals surface area contributed by atoms with Crippen molar-refractivity contribution in [3.8, 4) is 0 Å². The van der Waals surface area contributed by atoms with Crippen molar-refractivity contribution in [1.82, 2.24) is 5.32 Å². The van der Waals surface area contributed by atoms with E-state index in [2.05, 4.69) is 5.32 Å². The minimum absolute atomic E-state index is 0.0326. The van der Waals surface area contributed by atoms with E-state index in [1.54, 1.807) is 6.92 Å². The molecule has 0 saturated heterocycles. The summed E-state index contributed by atoms with van der Waals surface area (Å²) in [7, 11) is 0. The number of carbonyl (C=O) groups is 2. The highest BCUT2D eigenvalue weighted by molar-refractivity contribution is 5.92. The SMILES string of the molecule is CCC(C)(C)C(=O)C(NC(C)(C)C)C(C)C(=O)O. The van der Waals surface area contributed by atoms with Gasteiger partial charge in [0.1, 0.15) is 0 Å². The maximum atomic E-state index is 12.5. The average molecular weight is 257 g/mol. The second-order valence-electron chi connectivity index (χ2n) is 6.60. The van der Waals surface area contributed by atoms with Gasteiger partial charge in [-0.2, -0.15) is 0 Å². The molecule has 0 bridgehead atoms. The van der Waals surface area contributed by atoms with Gasteiger partial charge < -0.3 is 10.4 Å². The van der Waals surface area contributed by atoms with Gasteiger partial charge in [-0.1, -0.05) is 20.8 Å². The standard InChI is InChI=1S/C14H27NO3/c1-8-14(6,7)11(16)10(9(2)12(17)18)15-13(3,4)5/h9-10,15H,8H2,1-7H3,(H,17,18). The zero-order valence-electron chi connectivity index (χ0n) is 12.6. The fourth-order valence-electron chi connectivity index (χ4n) is 1.62. The summed E-state index contributed by atoms with van der Waals surface area (Å²) < 4.78 is 0. The second kappa shape index (κ2) is 5.83. The summed E-state index contributed by atoms with van der Waals surface area (Å²) in [5.74, 6) is -1.71. The van der Waals surface area contributed by atoms with Crippen LogP contribution in [0.15, 0.2) is 0 Å². The van der Waals surface area contributed by atoms with Gasteiger partial charge in [0.15, 0.2) is 5.78 Å². The van der Waals surface area contributed by atoms with Gasteiger partial charge in [0.2, 0.25) is 0 Å². The maximum Gasteiger partial charge on any atom is 0.308 e. The first kappa shape index (κ1) is 17.1. The van der Waals surface area contributed by atoms with Crippen LogP contribution >= 0.6 is 0 Å². The average Bonchev–Trinajstić information content (AvgIpc) is 2.22. The number of Topliss-reactive ketones (excluding diaryl/α,β-unsaturated/α-hetero) is 1. The number of carboxylic acid groups (broad SMARTS) is 1. The van der Waals surface area contributed by atoms with Crippen LogP contribution in [0.2, 0.25) is 0 Å². The predicted octanol–water partition coefficient (Wildman–Crippen LogP) is 2.47. The molecule has 0 heterocycles. The summed E-state index contributed by atoms with van der Waals surface area (Å²) in [4.78, 5) is 23.6. The lowest BCUT2D eigenvalue weighted by atomic mass is 9.78. The van der Waals surface area contributed by atoms with E-state index in [-0.39, 0.29) is 11.3 Å². The Morgan fingerprint density at radius 2 is 1.61 bits per heavy atom. The van der Waals surface area contributed by atoms with Crippen LogP contribution in [0.1, 0.15) is 54.9 Å². The normalized spacial score (nSPS) is 16.2. The lowest BCUT2D eigenvalue weighted by Gasteiger charge is -2.34. The first-order chi connectivity index (χ1) is 7.92. The van der Waals surface area contributed by atoms with Gasteiger partial charge in [-0.05, 0) is 34.1 Å². The molecule has 0 radical (unpaired) electrons. The van der Waals surface area contributed by atoms with Crippen molar-refractivity contribution < 1.29 is 14.7 Å². The molecule has 0 aliphatic carbocycles. The smallest absolute Gasteiger partial charge is 0.308 e. The molecule has 0 fully saturated rings. The molecule has 0 aromatic rings. The number of nitrogens with one attached hydrogen (secondary N) is 1. The molecule has 2 unspecified atom stereocenters. The molecule has 2 atom stereocenters. The summed E-state index contributed by atoms with van der Waals surface area (Å²) in [5, 5.41) is 12.3. The van der Waals surface area contributed by atoms with Gasteiger partial charge in [0, 0.05) is 11.0 Å². The summed E-state index contributed by atoms with van der Waals surface area (Å²) >= 11 is 0. The van der Waals surface area contributed by atoms with Gasteiger partial charge in [-0.3, -0.25) is 9.59 Å². The predicted molar refractivity (Wildman–Crippen MR) is 72.6 cm³/mol. The summed E-state index contributed by atoms with van der Waals surface area (Å²) in [6.45, 7) is 13.0.